The fourth-order valence-electron chi connectivity index (χ4n) is 6.65. The molecule has 0 aliphatic heterocycles. The van der Waals surface area contributed by atoms with E-state index in [2.05, 4.69) is 111 Å². The Morgan fingerprint density at radius 3 is 1.08 bits per heavy atom. The third kappa shape index (κ3) is 47.5. The molecule has 0 aromatic carbocycles. The van der Waals surface area contributed by atoms with Gasteiger partial charge in [-0.3, -0.25) is 9.59 Å². The van der Waals surface area contributed by atoms with Crippen molar-refractivity contribution in [3.05, 3.63) is 97.2 Å². The van der Waals surface area contributed by atoms with Gasteiger partial charge in [0.05, 0.1) is 6.61 Å². The van der Waals surface area contributed by atoms with Crippen LogP contribution < -0.4 is 0 Å². The molecule has 0 heterocycles. The number of aliphatic hydroxyl groups is 1. The lowest BCUT2D eigenvalue weighted by atomic mass is 10.0. The number of carbonyl (C=O) groups excluding carboxylic acids is 2. The Morgan fingerprint density at radius 1 is 0.400 bits per heavy atom. The number of carbonyl (C=O) groups is 2. The van der Waals surface area contributed by atoms with E-state index >= 15 is 0 Å². The van der Waals surface area contributed by atoms with Gasteiger partial charge in [0.25, 0.3) is 0 Å². The number of ether oxygens (including phenoxy) is 2. The van der Waals surface area contributed by atoms with Crippen molar-refractivity contribution in [3.63, 3.8) is 0 Å². The number of hydrogen-bond donors (Lipinski definition) is 1. The summed E-state index contributed by atoms with van der Waals surface area (Å²) in [5, 5.41) is 9.62. The van der Waals surface area contributed by atoms with Gasteiger partial charge >= 0.3 is 11.9 Å². The average molecular weight is 833 g/mol. The van der Waals surface area contributed by atoms with Gasteiger partial charge in [-0.25, -0.2) is 0 Å². The zero-order valence-electron chi connectivity index (χ0n) is 38.9. The Labute approximate surface area is 370 Å². The fourth-order valence-corrected chi connectivity index (χ4v) is 6.65. The van der Waals surface area contributed by atoms with Gasteiger partial charge in [-0.05, 0) is 96.3 Å². The van der Waals surface area contributed by atoms with E-state index < -0.39 is 6.10 Å². The van der Waals surface area contributed by atoms with Crippen LogP contribution in [0.2, 0.25) is 0 Å². The van der Waals surface area contributed by atoms with Gasteiger partial charge in [0.1, 0.15) is 6.61 Å². The molecule has 0 saturated heterocycles. The van der Waals surface area contributed by atoms with Crippen molar-refractivity contribution < 1.29 is 24.2 Å². The zero-order chi connectivity index (χ0) is 43.5. The fraction of sp³-hybridized carbons (Fsp3) is 0.673. The summed E-state index contributed by atoms with van der Waals surface area (Å²) in [6, 6.07) is 0. The van der Waals surface area contributed by atoms with E-state index in [1.807, 2.05) is 0 Å². The van der Waals surface area contributed by atoms with E-state index in [-0.39, 0.29) is 25.2 Å². The molecule has 5 nitrogen and oxygen atoms in total. The minimum absolute atomic E-state index is 0.0785. The molecular weight excluding hydrogens is 741 g/mol. The molecule has 5 heteroatoms. The topological polar surface area (TPSA) is 72.8 Å². The molecule has 1 atom stereocenters. The zero-order valence-corrected chi connectivity index (χ0v) is 38.9. The molecule has 1 unspecified atom stereocenters. The second-order valence-electron chi connectivity index (χ2n) is 16.2. The van der Waals surface area contributed by atoms with Gasteiger partial charge in [-0.2, -0.15) is 0 Å². The SMILES string of the molecule is CC/C=C\C/C=C\C/C=C\C/C=C\C/C=C\CCCCCCCCCCCCCC(=O)OC(CO)COC(=O)CCCCCCCC/C=C\C/C=C\C/C=C\CCCCC. The van der Waals surface area contributed by atoms with Crippen LogP contribution in [0, 0.1) is 0 Å². The van der Waals surface area contributed by atoms with Crippen molar-refractivity contribution in [3.8, 4) is 0 Å². The Kier molecular flexibility index (Phi) is 47.5. The second-order valence-corrected chi connectivity index (χ2v) is 16.2. The van der Waals surface area contributed by atoms with E-state index in [0.717, 1.165) is 89.9 Å². The van der Waals surface area contributed by atoms with Crippen LogP contribution in [0.25, 0.3) is 0 Å². The van der Waals surface area contributed by atoms with E-state index in [0.29, 0.717) is 12.8 Å². The van der Waals surface area contributed by atoms with Crippen LogP contribution in [-0.4, -0.2) is 36.4 Å². The summed E-state index contributed by atoms with van der Waals surface area (Å²) < 4.78 is 10.7. The van der Waals surface area contributed by atoms with Crippen LogP contribution in [0.5, 0.6) is 0 Å². The first-order chi connectivity index (χ1) is 29.6. The minimum Gasteiger partial charge on any atom is -0.462 e. The number of aliphatic hydroxyl groups excluding tert-OH is 1. The van der Waals surface area contributed by atoms with E-state index in [1.54, 1.807) is 0 Å². The molecule has 0 radical (unpaired) electrons. The quantitative estimate of drug-likeness (QED) is 0.0376. The monoisotopic (exact) mass is 833 g/mol. The molecule has 0 aromatic heterocycles. The Morgan fingerprint density at radius 2 is 0.717 bits per heavy atom. The molecule has 60 heavy (non-hydrogen) atoms. The van der Waals surface area contributed by atoms with Crippen molar-refractivity contribution in [2.45, 2.75) is 225 Å². The number of unbranched alkanes of at least 4 members (excludes halogenated alkanes) is 20. The third-order valence-electron chi connectivity index (χ3n) is 10.4. The van der Waals surface area contributed by atoms with Gasteiger partial charge in [0.2, 0.25) is 0 Å². The van der Waals surface area contributed by atoms with Crippen LogP contribution in [0.15, 0.2) is 97.2 Å². The summed E-state index contributed by atoms with van der Waals surface area (Å²) in [5.41, 5.74) is 0. The van der Waals surface area contributed by atoms with Gasteiger partial charge < -0.3 is 14.6 Å². The maximum absolute atomic E-state index is 12.3. The van der Waals surface area contributed by atoms with E-state index in [9.17, 15) is 14.7 Å². The van der Waals surface area contributed by atoms with Crippen LogP contribution >= 0.6 is 0 Å². The number of allylic oxidation sites excluding steroid dienone is 16. The molecule has 342 valence electrons. The van der Waals surface area contributed by atoms with E-state index in [1.165, 1.54) is 103 Å². The van der Waals surface area contributed by atoms with Crippen LogP contribution in [0.1, 0.15) is 219 Å². The highest BCUT2D eigenvalue weighted by molar-refractivity contribution is 5.70. The maximum atomic E-state index is 12.3. The predicted octanol–water partition coefficient (Wildman–Crippen LogP) is 16.4. The summed E-state index contributed by atoms with van der Waals surface area (Å²) in [6.45, 7) is 3.99. The van der Waals surface area contributed by atoms with Crippen molar-refractivity contribution in [2.24, 2.45) is 0 Å². The Balaban J connectivity index is 3.57. The molecule has 0 aliphatic carbocycles. The number of rotatable bonds is 44. The van der Waals surface area contributed by atoms with E-state index in [4.69, 9.17) is 9.47 Å². The first-order valence-electron chi connectivity index (χ1n) is 24.8. The van der Waals surface area contributed by atoms with Crippen molar-refractivity contribution >= 4 is 11.9 Å². The summed E-state index contributed by atoms with van der Waals surface area (Å²) in [4.78, 5) is 24.4. The van der Waals surface area contributed by atoms with Crippen molar-refractivity contribution in [2.75, 3.05) is 13.2 Å². The molecule has 0 bridgehead atoms. The molecule has 0 fully saturated rings. The molecule has 0 aromatic rings. The molecule has 0 spiro atoms. The molecular formula is C55H92O5. The third-order valence-corrected chi connectivity index (χ3v) is 10.4. The largest absolute Gasteiger partial charge is 0.462 e. The first-order valence-corrected chi connectivity index (χ1v) is 24.8. The standard InChI is InChI=1S/C55H92O5/c1-3-5-7-9-11-13-15-17-19-21-23-24-25-26-27-28-29-30-32-34-36-38-40-42-44-46-48-50-55(58)60-53(51-56)52-59-54(57)49-47-45-43-41-39-37-35-33-31-22-20-18-16-14-12-10-8-6-4-2/h5,7,11-14,17-20,23-24,26-27,31,33,53,56H,3-4,6,8-10,15-16,21-22,25,28-30,32,34-52H2,1-2H3/b7-5-,13-11-,14-12-,19-17-,20-18-,24-23-,27-26-,33-31-. The lowest BCUT2D eigenvalue weighted by molar-refractivity contribution is -0.161. The molecule has 1 N–H and O–H groups in total. The lowest BCUT2D eigenvalue weighted by Gasteiger charge is -2.15. The first kappa shape index (κ1) is 56.8. The Bertz CT molecular complexity index is 1170. The number of esters is 2. The molecule has 0 rings (SSSR count). The maximum Gasteiger partial charge on any atom is 0.306 e. The predicted molar refractivity (Wildman–Crippen MR) is 260 cm³/mol. The van der Waals surface area contributed by atoms with Gasteiger partial charge in [-0.1, -0.05) is 207 Å². The highest BCUT2D eigenvalue weighted by Crippen LogP contribution is 2.14. The Hall–Kier alpha value is -3.18. The van der Waals surface area contributed by atoms with Gasteiger partial charge in [-0.15, -0.1) is 0 Å². The van der Waals surface area contributed by atoms with Gasteiger partial charge in [0, 0.05) is 12.8 Å². The second kappa shape index (κ2) is 50.2. The van der Waals surface area contributed by atoms with Crippen molar-refractivity contribution in [1.82, 2.24) is 0 Å². The van der Waals surface area contributed by atoms with Crippen LogP contribution in [0.3, 0.4) is 0 Å². The minimum atomic E-state index is -0.785. The molecule has 0 saturated carbocycles. The number of hydrogen-bond acceptors (Lipinski definition) is 5. The van der Waals surface area contributed by atoms with Gasteiger partial charge in [0.15, 0.2) is 6.10 Å². The van der Waals surface area contributed by atoms with Crippen LogP contribution in [0.4, 0.5) is 0 Å². The van der Waals surface area contributed by atoms with Crippen LogP contribution in [-0.2, 0) is 19.1 Å². The normalized spacial score (nSPS) is 13.1. The molecule has 0 aliphatic rings. The lowest BCUT2D eigenvalue weighted by Crippen LogP contribution is -2.28. The smallest absolute Gasteiger partial charge is 0.306 e. The summed E-state index contributed by atoms with van der Waals surface area (Å²) in [6.07, 6.45) is 70.6. The summed E-state index contributed by atoms with van der Waals surface area (Å²) in [7, 11) is 0. The average Bonchev–Trinajstić information content (AvgIpc) is 3.25. The summed E-state index contributed by atoms with van der Waals surface area (Å²) in [5.74, 6) is -0.612. The molecule has 0 amide bonds. The highest BCUT2D eigenvalue weighted by Gasteiger charge is 2.16. The highest BCUT2D eigenvalue weighted by atomic mass is 16.6. The summed E-state index contributed by atoms with van der Waals surface area (Å²) >= 11 is 0. The van der Waals surface area contributed by atoms with Crippen molar-refractivity contribution in [1.29, 1.82) is 0 Å².